The first-order valence-corrected chi connectivity index (χ1v) is 12.5. The number of anilines is 1. The van der Waals surface area contributed by atoms with E-state index in [1.165, 1.54) is 12.1 Å². The Kier molecular flexibility index (Phi) is 6.44. The van der Waals surface area contributed by atoms with E-state index in [0.717, 1.165) is 5.56 Å². The first-order valence-electron chi connectivity index (χ1n) is 11.0. The van der Waals surface area contributed by atoms with Crippen molar-refractivity contribution in [2.45, 2.75) is 44.2 Å². The lowest BCUT2D eigenvalue weighted by molar-refractivity contribution is 0.491. The molecule has 0 amide bonds. The van der Waals surface area contributed by atoms with E-state index >= 15 is 0 Å². The molecule has 0 radical (unpaired) electrons. The van der Waals surface area contributed by atoms with Crippen LogP contribution in [-0.4, -0.2) is 28.9 Å². The zero-order valence-corrected chi connectivity index (χ0v) is 20.6. The third kappa shape index (κ3) is 5.72. The van der Waals surface area contributed by atoms with Crippen LogP contribution in [0.1, 0.15) is 39.3 Å². The molecule has 35 heavy (non-hydrogen) atoms. The molecule has 2 heterocycles. The second-order valence-corrected chi connectivity index (χ2v) is 11.0. The van der Waals surface area contributed by atoms with Crippen molar-refractivity contribution in [1.82, 2.24) is 19.7 Å². The highest BCUT2D eigenvalue weighted by molar-refractivity contribution is 7.89. The molecule has 2 aromatic heterocycles. The van der Waals surface area contributed by atoms with Gasteiger partial charge in [-0.25, -0.2) is 27.5 Å². The number of pyridine rings is 1. The number of fused-ring (bicyclic) bond motifs is 1. The standard InChI is InChI=1S/C25H26FN5O3S/c1-15(16-7-11-19(12-8-16)35(33,34)31-25(2,3)4)27-24-29-21-14-13-20(28-22(21)23(32)30-24)17-5-9-18(26)10-6-17/h5-15,31H,1-4H3,(H2,27,29,30,32)/t15-/m1/s1. The molecule has 8 nitrogen and oxygen atoms in total. The van der Waals surface area contributed by atoms with E-state index in [0.29, 0.717) is 16.8 Å². The van der Waals surface area contributed by atoms with E-state index in [1.807, 2.05) is 6.92 Å². The molecule has 0 spiro atoms. The number of hydrogen-bond donors (Lipinski definition) is 3. The van der Waals surface area contributed by atoms with Crippen LogP contribution in [0.4, 0.5) is 10.3 Å². The number of nitrogens with zero attached hydrogens (tertiary/aromatic N) is 2. The van der Waals surface area contributed by atoms with Crippen LogP contribution in [0.25, 0.3) is 22.3 Å². The lowest BCUT2D eigenvalue weighted by Gasteiger charge is -2.21. The lowest BCUT2D eigenvalue weighted by atomic mass is 10.1. The fraction of sp³-hybridized carbons (Fsp3) is 0.240. The SMILES string of the molecule is C[C@@H](Nc1nc2ccc(-c3ccc(F)cc3)nc2c(=O)[nH]1)c1ccc(S(=O)(=O)NC(C)(C)C)cc1. The first kappa shape index (κ1) is 24.5. The minimum Gasteiger partial charge on any atom is -0.349 e. The topological polar surface area (TPSA) is 117 Å². The molecule has 1 atom stereocenters. The van der Waals surface area contributed by atoms with E-state index in [2.05, 4.69) is 25.0 Å². The van der Waals surface area contributed by atoms with Gasteiger partial charge in [-0.15, -0.1) is 0 Å². The number of halogens is 1. The molecule has 0 bridgehead atoms. The van der Waals surface area contributed by atoms with Crippen molar-refractivity contribution in [1.29, 1.82) is 0 Å². The summed E-state index contributed by atoms with van der Waals surface area (Å²) in [5.74, 6) is -0.0887. The molecule has 0 saturated heterocycles. The monoisotopic (exact) mass is 495 g/mol. The summed E-state index contributed by atoms with van der Waals surface area (Å²) in [6.45, 7) is 7.21. The van der Waals surface area contributed by atoms with Gasteiger partial charge in [-0.2, -0.15) is 0 Å². The Labute approximate surface area is 202 Å². The average molecular weight is 496 g/mol. The van der Waals surface area contributed by atoms with E-state index in [4.69, 9.17) is 0 Å². The third-order valence-corrected chi connectivity index (χ3v) is 6.95. The summed E-state index contributed by atoms with van der Waals surface area (Å²) >= 11 is 0. The molecule has 4 aromatic rings. The number of rotatable bonds is 6. The molecule has 2 aromatic carbocycles. The first-order chi connectivity index (χ1) is 16.4. The number of hydrogen-bond acceptors (Lipinski definition) is 6. The maximum atomic E-state index is 13.2. The molecule has 0 fully saturated rings. The molecule has 0 aliphatic carbocycles. The van der Waals surface area contributed by atoms with Gasteiger partial charge in [0.2, 0.25) is 16.0 Å². The number of nitrogens with one attached hydrogen (secondary N) is 3. The number of aromatic nitrogens is 3. The van der Waals surface area contributed by atoms with Crippen LogP contribution in [0.5, 0.6) is 0 Å². The fourth-order valence-electron chi connectivity index (χ4n) is 3.56. The molecule has 4 rings (SSSR count). The molecule has 0 aliphatic rings. The maximum absolute atomic E-state index is 13.2. The quantitative estimate of drug-likeness (QED) is 0.366. The van der Waals surface area contributed by atoms with Crippen LogP contribution in [0.15, 0.2) is 70.4 Å². The van der Waals surface area contributed by atoms with Crippen LogP contribution < -0.4 is 15.6 Å². The van der Waals surface area contributed by atoms with Crippen LogP contribution in [0.2, 0.25) is 0 Å². The fourth-order valence-corrected chi connectivity index (χ4v) is 4.98. The second kappa shape index (κ2) is 9.20. The average Bonchev–Trinajstić information content (AvgIpc) is 2.78. The molecular weight excluding hydrogens is 469 g/mol. The minimum atomic E-state index is -3.63. The Hall–Kier alpha value is -3.63. The van der Waals surface area contributed by atoms with Crippen LogP contribution >= 0.6 is 0 Å². The largest absolute Gasteiger partial charge is 0.349 e. The molecule has 0 aliphatic heterocycles. The van der Waals surface area contributed by atoms with E-state index in [1.54, 1.807) is 69.3 Å². The van der Waals surface area contributed by atoms with Crippen molar-refractivity contribution in [2.75, 3.05) is 5.32 Å². The van der Waals surface area contributed by atoms with Crippen molar-refractivity contribution >= 4 is 27.0 Å². The predicted molar refractivity (Wildman–Crippen MR) is 134 cm³/mol. The van der Waals surface area contributed by atoms with Gasteiger partial charge in [-0.1, -0.05) is 12.1 Å². The van der Waals surface area contributed by atoms with Crippen LogP contribution in [0, 0.1) is 5.82 Å². The third-order valence-electron chi connectivity index (χ3n) is 5.18. The number of sulfonamides is 1. The van der Waals surface area contributed by atoms with Crippen molar-refractivity contribution < 1.29 is 12.8 Å². The van der Waals surface area contributed by atoms with Crippen molar-refractivity contribution in [3.8, 4) is 11.3 Å². The molecule has 10 heteroatoms. The van der Waals surface area contributed by atoms with E-state index in [9.17, 15) is 17.6 Å². The highest BCUT2D eigenvalue weighted by atomic mass is 32.2. The zero-order valence-electron chi connectivity index (χ0n) is 19.8. The van der Waals surface area contributed by atoms with Crippen molar-refractivity contribution in [3.63, 3.8) is 0 Å². The van der Waals surface area contributed by atoms with Crippen LogP contribution in [-0.2, 0) is 10.0 Å². The van der Waals surface area contributed by atoms with Crippen LogP contribution in [0.3, 0.4) is 0 Å². The Bertz CT molecular complexity index is 1530. The van der Waals surface area contributed by atoms with Gasteiger partial charge >= 0.3 is 0 Å². The van der Waals surface area contributed by atoms with E-state index < -0.39 is 21.1 Å². The van der Waals surface area contributed by atoms with Gasteiger partial charge in [0, 0.05) is 11.1 Å². The number of H-pyrrole nitrogens is 1. The smallest absolute Gasteiger partial charge is 0.278 e. The maximum Gasteiger partial charge on any atom is 0.278 e. The summed E-state index contributed by atoms with van der Waals surface area (Å²) in [5.41, 5.74) is 1.61. The Balaban J connectivity index is 1.55. The van der Waals surface area contributed by atoms with Crippen molar-refractivity contribution in [3.05, 3.63) is 82.4 Å². The summed E-state index contributed by atoms with van der Waals surface area (Å²) in [6.07, 6.45) is 0. The normalized spacial score (nSPS) is 13.1. The molecule has 182 valence electrons. The van der Waals surface area contributed by atoms with Crippen molar-refractivity contribution in [2.24, 2.45) is 0 Å². The van der Waals surface area contributed by atoms with Gasteiger partial charge in [0.05, 0.1) is 22.1 Å². The highest BCUT2D eigenvalue weighted by Gasteiger charge is 2.22. The second-order valence-electron chi connectivity index (χ2n) is 9.28. The van der Waals surface area contributed by atoms with Gasteiger partial charge in [0.15, 0.2) is 5.52 Å². The molecule has 0 unspecified atom stereocenters. The molecule has 0 saturated carbocycles. The summed E-state index contributed by atoms with van der Waals surface area (Å²) < 4.78 is 40.8. The summed E-state index contributed by atoms with van der Waals surface area (Å²) in [7, 11) is -3.63. The van der Waals surface area contributed by atoms with E-state index in [-0.39, 0.29) is 28.2 Å². The van der Waals surface area contributed by atoms with Gasteiger partial charge < -0.3 is 5.32 Å². The zero-order chi connectivity index (χ0) is 25.4. The Morgan fingerprint density at radius 1 is 0.943 bits per heavy atom. The summed E-state index contributed by atoms with van der Waals surface area (Å²) in [5, 5.41) is 3.14. The summed E-state index contributed by atoms with van der Waals surface area (Å²) in [6, 6.07) is 15.5. The summed E-state index contributed by atoms with van der Waals surface area (Å²) in [4.78, 5) is 24.4. The number of aromatic amines is 1. The lowest BCUT2D eigenvalue weighted by Crippen LogP contribution is -2.40. The number of benzene rings is 2. The highest BCUT2D eigenvalue weighted by Crippen LogP contribution is 2.22. The van der Waals surface area contributed by atoms with Gasteiger partial charge in [-0.05, 0) is 81.8 Å². The molecule has 3 N–H and O–H groups in total. The Morgan fingerprint density at radius 2 is 1.60 bits per heavy atom. The van der Waals surface area contributed by atoms with Gasteiger partial charge in [-0.3, -0.25) is 9.78 Å². The predicted octanol–water partition coefficient (Wildman–Crippen LogP) is 4.37. The molecular formula is C25H26FN5O3S. The minimum absolute atomic E-state index is 0.170. The van der Waals surface area contributed by atoms with Gasteiger partial charge in [0.1, 0.15) is 5.82 Å². The van der Waals surface area contributed by atoms with Gasteiger partial charge in [0.25, 0.3) is 5.56 Å². The Morgan fingerprint density at radius 3 is 2.23 bits per heavy atom.